The van der Waals surface area contributed by atoms with Crippen LogP contribution in [-0.2, 0) is 4.79 Å². The Labute approximate surface area is 199 Å². The zero-order valence-corrected chi connectivity index (χ0v) is 20.0. The molecule has 2 aliphatic rings. The fourth-order valence-corrected chi connectivity index (χ4v) is 6.21. The molecule has 4 nitrogen and oxygen atoms in total. The molecule has 5 rings (SSSR count). The van der Waals surface area contributed by atoms with Crippen LogP contribution in [0, 0.1) is 0 Å². The largest absolute Gasteiger partial charge is 0.327 e. The van der Waals surface area contributed by atoms with E-state index in [1.165, 1.54) is 5.56 Å². The maximum absolute atomic E-state index is 13.9. The Kier molecular flexibility index (Phi) is 6.07. The molecule has 170 valence electrons. The van der Waals surface area contributed by atoms with Crippen LogP contribution in [-0.4, -0.2) is 22.8 Å². The summed E-state index contributed by atoms with van der Waals surface area (Å²) in [6, 6.07) is 19.7. The normalized spacial score (nSPS) is 20.8. The van der Waals surface area contributed by atoms with Gasteiger partial charge in [0.2, 0.25) is 5.91 Å². The van der Waals surface area contributed by atoms with Gasteiger partial charge < -0.3 is 10.2 Å². The third kappa shape index (κ3) is 4.10. The molecule has 3 aromatic rings. The molecule has 5 heteroatoms. The third-order valence-electron chi connectivity index (χ3n) is 7.06. The SMILES string of the molecule is CC(C)c1ccc(NC(=O)[C@@H]2c3ccccc3C(=O)N(C3CCCC3)[C@@H]2c2cccs2)cc1. The summed E-state index contributed by atoms with van der Waals surface area (Å²) in [5.41, 5.74) is 3.51. The monoisotopic (exact) mass is 458 g/mol. The van der Waals surface area contributed by atoms with E-state index in [2.05, 4.69) is 37.4 Å². The number of nitrogens with zero attached hydrogens (tertiary/aromatic N) is 1. The lowest BCUT2D eigenvalue weighted by molar-refractivity contribution is -0.119. The van der Waals surface area contributed by atoms with E-state index in [9.17, 15) is 9.59 Å². The highest BCUT2D eigenvalue weighted by Gasteiger charge is 2.47. The highest BCUT2D eigenvalue weighted by atomic mass is 32.1. The van der Waals surface area contributed by atoms with Gasteiger partial charge in [0.05, 0.1) is 12.0 Å². The average molecular weight is 459 g/mol. The molecule has 2 heterocycles. The summed E-state index contributed by atoms with van der Waals surface area (Å²) in [5, 5.41) is 5.20. The van der Waals surface area contributed by atoms with Gasteiger partial charge in [-0.1, -0.05) is 63.1 Å². The van der Waals surface area contributed by atoms with Crippen molar-refractivity contribution in [3.05, 3.63) is 87.6 Å². The third-order valence-corrected chi connectivity index (χ3v) is 8.00. The number of rotatable bonds is 5. The molecule has 0 bridgehead atoms. The number of amides is 2. The first kappa shape index (κ1) is 21.9. The van der Waals surface area contributed by atoms with Gasteiger partial charge in [0.25, 0.3) is 5.91 Å². The van der Waals surface area contributed by atoms with Crippen LogP contribution in [0.2, 0.25) is 0 Å². The highest BCUT2D eigenvalue weighted by molar-refractivity contribution is 7.10. The number of carbonyl (C=O) groups is 2. The van der Waals surface area contributed by atoms with E-state index < -0.39 is 5.92 Å². The fraction of sp³-hybridized carbons (Fsp3) is 0.357. The zero-order chi connectivity index (χ0) is 22.9. The maximum atomic E-state index is 13.9. The van der Waals surface area contributed by atoms with Crippen molar-refractivity contribution in [3.8, 4) is 0 Å². The molecule has 33 heavy (non-hydrogen) atoms. The zero-order valence-electron chi connectivity index (χ0n) is 19.2. The molecular weight excluding hydrogens is 428 g/mol. The smallest absolute Gasteiger partial charge is 0.254 e. The molecule has 1 aromatic heterocycles. The lowest BCUT2D eigenvalue weighted by atomic mass is 9.80. The average Bonchev–Trinajstić information content (AvgIpc) is 3.54. The van der Waals surface area contributed by atoms with E-state index >= 15 is 0 Å². The predicted octanol–water partition coefficient (Wildman–Crippen LogP) is 6.73. The molecule has 2 aromatic carbocycles. The van der Waals surface area contributed by atoms with Crippen molar-refractivity contribution in [2.45, 2.75) is 63.5 Å². The van der Waals surface area contributed by atoms with E-state index in [0.29, 0.717) is 11.5 Å². The van der Waals surface area contributed by atoms with Crippen LogP contribution < -0.4 is 5.32 Å². The second-order valence-corrected chi connectivity index (χ2v) is 10.4. The summed E-state index contributed by atoms with van der Waals surface area (Å²) in [6.45, 7) is 4.32. The van der Waals surface area contributed by atoms with Crippen LogP contribution in [0.1, 0.15) is 83.8 Å². The van der Waals surface area contributed by atoms with Crippen LogP contribution in [0.25, 0.3) is 0 Å². The number of fused-ring (bicyclic) bond motifs is 1. The second-order valence-electron chi connectivity index (χ2n) is 9.44. The quantitative estimate of drug-likeness (QED) is 0.461. The van der Waals surface area contributed by atoms with Crippen LogP contribution in [0.5, 0.6) is 0 Å². The van der Waals surface area contributed by atoms with Crippen molar-refractivity contribution in [1.29, 1.82) is 0 Å². The first-order chi connectivity index (χ1) is 16.0. The van der Waals surface area contributed by atoms with Gasteiger partial charge in [0, 0.05) is 22.2 Å². The van der Waals surface area contributed by atoms with Crippen LogP contribution in [0.3, 0.4) is 0 Å². The van der Waals surface area contributed by atoms with Gasteiger partial charge in [-0.15, -0.1) is 11.3 Å². The van der Waals surface area contributed by atoms with E-state index in [-0.39, 0.29) is 23.9 Å². The molecule has 1 saturated carbocycles. The number of anilines is 1. The molecule has 0 radical (unpaired) electrons. The summed E-state index contributed by atoms with van der Waals surface area (Å²) in [6.07, 6.45) is 4.26. The fourth-order valence-electron chi connectivity index (χ4n) is 5.35. The van der Waals surface area contributed by atoms with E-state index in [0.717, 1.165) is 41.8 Å². The van der Waals surface area contributed by atoms with Gasteiger partial charge in [-0.25, -0.2) is 0 Å². The van der Waals surface area contributed by atoms with Gasteiger partial charge in [-0.2, -0.15) is 0 Å². The van der Waals surface area contributed by atoms with Crippen LogP contribution in [0.4, 0.5) is 5.69 Å². The minimum absolute atomic E-state index is 0.0567. The molecule has 2 atom stereocenters. The summed E-state index contributed by atoms with van der Waals surface area (Å²) in [7, 11) is 0. The Balaban J connectivity index is 1.56. The van der Waals surface area contributed by atoms with Crippen molar-refractivity contribution in [2.24, 2.45) is 0 Å². The van der Waals surface area contributed by atoms with Crippen molar-refractivity contribution in [3.63, 3.8) is 0 Å². The van der Waals surface area contributed by atoms with E-state index in [1.807, 2.05) is 52.7 Å². The lowest BCUT2D eigenvalue weighted by Gasteiger charge is -2.44. The van der Waals surface area contributed by atoms with Crippen molar-refractivity contribution >= 4 is 28.8 Å². The minimum atomic E-state index is -0.456. The van der Waals surface area contributed by atoms with Gasteiger partial charge in [0.15, 0.2) is 0 Å². The first-order valence-electron chi connectivity index (χ1n) is 11.9. The summed E-state index contributed by atoms with van der Waals surface area (Å²) < 4.78 is 0. The Morgan fingerprint density at radius 3 is 2.39 bits per heavy atom. The Morgan fingerprint density at radius 1 is 1.00 bits per heavy atom. The van der Waals surface area contributed by atoms with Gasteiger partial charge >= 0.3 is 0 Å². The Bertz CT molecular complexity index is 1130. The molecule has 1 N–H and O–H groups in total. The molecule has 1 aliphatic carbocycles. The number of hydrogen-bond acceptors (Lipinski definition) is 3. The lowest BCUT2D eigenvalue weighted by Crippen LogP contribution is -2.49. The second kappa shape index (κ2) is 9.14. The maximum Gasteiger partial charge on any atom is 0.254 e. The first-order valence-corrected chi connectivity index (χ1v) is 12.8. The predicted molar refractivity (Wildman–Crippen MR) is 134 cm³/mol. The van der Waals surface area contributed by atoms with Crippen molar-refractivity contribution < 1.29 is 9.59 Å². The summed E-state index contributed by atoms with van der Waals surface area (Å²) in [4.78, 5) is 30.7. The standard InChI is InChI=1S/C28H30N2O2S/c1-18(2)19-13-15-20(16-14-19)29-27(31)25-22-10-5-6-11-23(22)28(32)30(21-8-3-4-9-21)26(25)24-12-7-17-33-24/h5-7,10-18,21,25-26H,3-4,8-9H2,1-2H3,(H,29,31)/t25-,26-/m1/s1. The molecule has 2 amide bonds. The van der Waals surface area contributed by atoms with Gasteiger partial charge in [-0.3, -0.25) is 9.59 Å². The van der Waals surface area contributed by atoms with Crippen LogP contribution in [0.15, 0.2) is 66.0 Å². The number of hydrogen-bond donors (Lipinski definition) is 1. The molecule has 0 spiro atoms. The summed E-state index contributed by atoms with van der Waals surface area (Å²) in [5.74, 6) is -0.0213. The number of nitrogens with one attached hydrogen (secondary N) is 1. The Hall–Kier alpha value is -2.92. The molecule has 1 fully saturated rings. The Morgan fingerprint density at radius 2 is 1.73 bits per heavy atom. The number of benzene rings is 2. The van der Waals surface area contributed by atoms with E-state index in [4.69, 9.17) is 0 Å². The molecular formula is C28H30N2O2S. The molecule has 0 saturated heterocycles. The van der Waals surface area contributed by atoms with Gasteiger partial charge in [0.1, 0.15) is 0 Å². The van der Waals surface area contributed by atoms with Crippen molar-refractivity contribution in [1.82, 2.24) is 4.90 Å². The van der Waals surface area contributed by atoms with Gasteiger partial charge in [-0.05, 0) is 59.5 Å². The molecule has 0 unspecified atom stereocenters. The molecule has 1 aliphatic heterocycles. The highest BCUT2D eigenvalue weighted by Crippen LogP contribution is 2.47. The minimum Gasteiger partial charge on any atom is -0.327 e. The topological polar surface area (TPSA) is 49.4 Å². The van der Waals surface area contributed by atoms with E-state index in [1.54, 1.807) is 11.3 Å². The number of carbonyl (C=O) groups excluding carboxylic acids is 2. The van der Waals surface area contributed by atoms with Crippen LogP contribution >= 0.6 is 11.3 Å². The van der Waals surface area contributed by atoms with Crippen molar-refractivity contribution in [2.75, 3.05) is 5.32 Å². The summed E-state index contributed by atoms with van der Waals surface area (Å²) >= 11 is 1.63. The number of thiophene rings is 1.